The molecule has 592 valence electrons. The highest BCUT2D eigenvalue weighted by Gasteiger charge is 2.20. The van der Waals surface area contributed by atoms with Gasteiger partial charge in [0.15, 0.2) is 30.7 Å². The van der Waals surface area contributed by atoms with Crippen LogP contribution in [0.2, 0.25) is 0 Å². The van der Waals surface area contributed by atoms with Gasteiger partial charge in [-0.3, -0.25) is 0 Å². The molecule has 0 fully saturated rings. The third-order valence-corrected chi connectivity index (χ3v) is 20.9. The molecule has 12 nitrogen and oxygen atoms in total. The zero-order valence-electron chi connectivity index (χ0n) is 67.9. The van der Waals surface area contributed by atoms with Crippen LogP contribution in [0.25, 0.3) is 34.2 Å². The minimum atomic E-state index is -0.530. The highest BCUT2D eigenvalue weighted by atomic mass is 16.6. The first-order chi connectivity index (χ1) is 51.0. The number of unbranched alkanes of at least 4 members (excludes halogenated alkanes) is 48. The lowest BCUT2D eigenvalue weighted by Gasteiger charge is -2.17. The van der Waals surface area contributed by atoms with E-state index in [-0.39, 0.29) is 71.4 Å². The monoisotopic (exact) mass is 1450 g/mol. The third kappa shape index (κ3) is 48.7. The molecule has 0 saturated carbocycles. The van der Waals surface area contributed by atoms with Gasteiger partial charge < -0.3 is 33.9 Å². The van der Waals surface area contributed by atoms with Gasteiger partial charge in [0.05, 0.1) is 31.5 Å². The van der Waals surface area contributed by atoms with Crippen molar-refractivity contribution in [3.8, 4) is 62.9 Å². The molecule has 104 heavy (non-hydrogen) atoms. The van der Waals surface area contributed by atoms with Gasteiger partial charge in [-0.15, -0.1) is 0 Å². The van der Waals surface area contributed by atoms with Gasteiger partial charge in [-0.25, -0.2) is 24.5 Å². The lowest BCUT2D eigenvalue weighted by Crippen LogP contribution is -2.19. The Balaban J connectivity index is 0.000000735. The Hall–Kier alpha value is -5.39. The molecule has 4 rings (SSSR count). The normalized spacial score (nSPS) is 11.9. The fraction of sp³-hybridized carbons (Fsp3) is 0.750. The maximum absolute atomic E-state index is 13.1. The van der Waals surface area contributed by atoms with Gasteiger partial charge in [-0.2, -0.15) is 0 Å². The number of aromatic hydroxyl groups is 2. The molecule has 0 aliphatic heterocycles. The molecule has 0 amide bonds. The molecule has 2 atom stereocenters. The number of hydrogen-bond donors (Lipinski definition) is 2. The maximum Gasteiger partial charge on any atom is 0.344 e. The van der Waals surface area contributed by atoms with Crippen LogP contribution in [0.4, 0.5) is 0 Å². The van der Waals surface area contributed by atoms with Crippen molar-refractivity contribution in [1.82, 2.24) is 15.0 Å². The van der Waals surface area contributed by atoms with Crippen LogP contribution in [-0.4, -0.2) is 70.6 Å². The van der Waals surface area contributed by atoms with Gasteiger partial charge in [-0.1, -0.05) is 381 Å². The zero-order chi connectivity index (χ0) is 74.8. The summed E-state index contributed by atoms with van der Waals surface area (Å²) in [4.78, 5) is 38.9. The predicted molar refractivity (Wildman–Crippen MR) is 439 cm³/mol. The number of nitrogens with zero attached hydrogens (tertiary/aromatic N) is 3. The van der Waals surface area contributed by atoms with E-state index in [1.165, 1.54) is 346 Å². The van der Waals surface area contributed by atoms with Crippen molar-refractivity contribution in [1.29, 1.82) is 0 Å². The van der Waals surface area contributed by atoms with E-state index < -0.39 is 11.9 Å². The van der Waals surface area contributed by atoms with Gasteiger partial charge in [0.25, 0.3) is 0 Å². The van der Waals surface area contributed by atoms with Crippen LogP contribution < -0.4 is 14.2 Å². The van der Waals surface area contributed by atoms with Crippen molar-refractivity contribution in [3.63, 3.8) is 0 Å². The summed E-state index contributed by atoms with van der Waals surface area (Å²) >= 11 is 0. The lowest BCUT2D eigenvalue weighted by molar-refractivity contribution is -0.147. The minimum Gasteiger partial charge on any atom is -0.507 e. The Morgan fingerprint density at radius 1 is 0.337 bits per heavy atom. The molecule has 1 heterocycles. The summed E-state index contributed by atoms with van der Waals surface area (Å²) in [5.41, 5.74) is 1.19. The van der Waals surface area contributed by atoms with Crippen LogP contribution in [0.15, 0.2) is 60.7 Å². The standard InChI is InChI=1S/C60H89N3O9.C32H66/c1-5-8-10-12-14-16-18-20-21-23-25-27-29-31-33-47(32-30-28-26-24-22-19-17-15-13-11-9-6-2)44-72-57(67)46-71-51-39-41-53(55(65)43-51)60-62-58(48-34-36-49(68-4)37-35-48)61-59(63-60)52-40-38-50(42-54(52)64)70-45-56(66)69-7-3;1-4-6-8-10-12-14-16-18-19-21-23-25-27-29-31-32(3)30-28-26-24-22-20-17-15-13-11-9-7-5-2/h34-43,47,64-65H,5-33,44-46H2,1-4H3;32H,4-31H2,1-3H3. The van der Waals surface area contributed by atoms with E-state index in [1.807, 2.05) is 0 Å². The number of aromatic nitrogens is 3. The molecule has 0 radical (unpaired) electrons. The number of ether oxygens (including phenoxy) is 5. The second-order valence-corrected chi connectivity index (χ2v) is 30.6. The fourth-order valence-electron chi connectivity index (χ4n) is 14.2. The van der Waals surface area contributed by atoms with Gasteiger partial charge in [0.2, 0.25) is 0 Å². The quantitative estimate of drug-likeness (QED) is 0.0319. The first-order valence-electron chi connectivity index (χ1n) is 43.7. The second-order valence-electron chi connectivity index (χ2n) is 30.6. The summed E-state index contributed by atoms with van der Waals surface area (Å²) in [7, 11) is 1.58. The van der Waals surface area contributed by atoms with Crippen molar-refractivity contribution in [2.24, 2.45) is 11.8 Å². The zero-order valence-corrected chi connectivity index (χ0v) is 67.9. The van der Waals surface area contributed by atoms with E-state index in [1.54, 1.807) is 62.6 Å². The number of rotatable bonds is 69. The molecule has 3 aromatic carbocycles. The Morgan fingerprint density at radius 2 is 0.606 bits per heavy atom. The number of phenols is 2. The van der Waals surface area contributed by atoms with E-state index in [4.69, 9.17) is 28.7 Å². The molecule has 0 aliphatic carbocycles. The van der Waals surface area contributed by atoms with E-state index >= 15 is 0 Å². The van der Waals surface area contributed by atoms with Gasteiger partial charge >= 0.3 is 11.9 Å². The smallest absolute Gasteiger partial charge is 0.344 e. The minimum absolute atomic E-state index is 0.129. The average molecular weight is 1450 g/mol. The molecule has 2 N–H and O–H groups in total. The number of benzene rings is 3. The van der Waals surface area contributed by atoms with E-state index in [2.05, 4.69) is 44.6 Å². The van der Waals surface area contributed by atoms with Crippen LogP contribution >= 0.6 is 0 Å². The fourth-order valence-corrected chi connectivity index (χ4v) is 14.2. The number of phenolic OH excluding ortho intramolecular Hbond substituents is 2. The van der Waals surface area contributed by atoms with Gasteiger partial charge in [-0.05, 0) is 80.1 Å². The highest BCUT2D eigenvalue weighted by Crippen LogP contribution is 2.37. The van der Waals surface area contributed by atoms with E-state index in [0.29, 0.717) is 23.8 Å². The van der Waals surface area contributed by atoms with Gasteiger partial charge in [0, 0.05) is 17.7 Å². The summed E-state index contributed by atoms with van der Waals surface area (Å²) < 4.78 is 27.5. The number of carbonyl (C=O) groups is 2. The first-order valence-corrected chi connectivity index (χ1v) is 43.7. The third-order valence-electron chi connectivity index (χ3n) is 20.9. The molecule has 0 spiro atoms. The SMILES string of the molecule is CCCCCCCCCCCCCCCCC(C)CCCCCCCCCCCCCC.CCCCCCCCCCCCCCCCC(CCCCCCCCCCCCCC)COC(=O)COc1ccc(-c2nc(-c3ccc(OC)cc3)nc(-c3ccc(OCC(=O)OCC)cc3O)n2)c(O)c1. The molecular weight excluding hydrogens is 1290 g/mol. The molecule has 0 saturated heterocycles. The Morgan fingerprint density at radius 3 is 0.894 bits per heavy atom. The maximum atomic E-state index is 13.1. The Labute approximate surface area is 637 Å². The molecule has 0 aliphatic rings. The molecule has 0 bridgehead atoms. The van der Waals surface area contributed by atoms with Crippen molar-refractivity contribution < 1.29 is 43.5 Å². The largest absolute Gasteiger partial charge is 0.507 e. The van der Waals surface area contributed by atoms with Crippen molar-refractivity contribution in [2.75, 3.05) is 33.5 Å². The van der Waals surface area contributed by atoms with Crippen molar-refractivity contribution >= 4 is 11.9 Å². The second kappa shape index (κ2) is 65.9. The highest BCUT2D eigenvalue weighted by molar-refractivity contribution is 5.74. The van der Waals surface area contributed by atoms with Crippen LogP contribution in [0.1, 0.15) is 401 Å². The Bertz CT molecular complexity index is 2650. The molecule has 1 aromatic heterocycles. The molecule has 12 heteroatoms. The summed E-state index contributed by atoms with van der Waals surface area (Å²) in [5, 5.41) is 22.4. The summed E-state index contributed by atoms with van der Waals surface area (Å²) in [6.07, 6.45) is 77.9. The van der Waals surface area contributed by atoms with Crippen molar-refractivity contribution in [3.05, 3.63) is 60.7 Å². The molecule has 2 unspecified atom stereocenters. The number of esters is 2. The van der Waals surface area contributed by atoms with Crippen LogP contribution in [0, 0.1) is 11.8 Å². The topological polar surface area (TPSA) is 159 Å². The average Bonchev–Trinajstić information content (AvgIpc) is 0.788. The number of hydrogen-bond acceptors (Lipinski definition) is 12. The van der Waals surface area contributed by atoms with Gasteiger partial charge in [0.1, 0.15) is 28.7 Å². The van der Waals surface area contributed by atoms with E-state index in [0.717, 1.165) is 31.6 Å². The van der Waals surface area contributed by atoms with Crippen LogP contribution in [0.5, 0.6) is 28.7 Å². The first kappa shape index (κ1) is 92.8. The summed E-state index contributed by atoms with van der Waals surface area (Å²) in [6.45, 7) is 13.4. The van der Waals surface area contributed by atoms with Crippen LogP contribution in [-0.2, 0) is 19.1 Å². The predicted octanol–water partition coefficient (Wildman–Crippen LogP) is 28.3. The van der Waals surface area contributed by atoms with E-state index in [9.17, 15) is 19.8 Å². The number of carbonyl (C=O) groups excluding carboxylic acids is 2. The molecular formula is C92H155N3O9. The lowest BCUT2D eigenvalue weighted by atomic mass is 9.94. The number of methoxy groups -OCH3 is 1. The summed E-state index contributed by atoms with van der Waals surface area (Å²) in [5.74, 6) is 1.68. The molecule has 4 aromatic rings. The summed E-state index contributed by atoms with van der Waals surface area (Å²) in [6, 6.07) is 16.3. The Kier molecular flexibility index (Phi) is 58.8. The van der Waals surface area contributed by atoms with Crippen LogP contribution in [0.3, 0.4) is 0 Å². The van der Waals surface area contributed by atoms with Crippen molar-refractivity contribution in [2.45, 2.75) is 401 Å².